The molecule has 1 aliphatic heterocycles. The van der Waals surface area contributed by atoms with E-state index in [1.54, 1.807) is 11.9 Å². The molecular formula is C20H20BrClF3N3O. The van der Waals surface area contributed by atoms with Crippen LogP contribution in [0.3, 0.4) is 0 Å². The molecule has 2 aromatic rings. The second kappa shape index (κ2) is 8.92. The van der Waals surface area contributed by atoms with E-state index < -0.39 is 11.7 Å². The zero-order valence-corrected chi connectivity index (χ0v) is 18.1. The molecule has 1 amide bonds. The van der Waals surface area contributed by atoms with Gasteiger partial charge in [-0.25, -0.2) is 4.98 Å². The first-order chi connectivity index (χ1) is 13.6. The summed E-state index contributed by atoms with van der Waals surface area (Å²) in [6.07, 6.45) is -2.48. The van der Waals surface area contributed by atoms with Crippen molar-refractivity contribution in [2.75, 3.05) is 25.0 Å². The quantitative estimate of drug-likeness (QED) is 0.576. The van der Waals surface area contributed by atoms with Gasteiger partial charge in [0.15, 0.2) is 0 Å². The Hall–Kier alpha value is -1.80. The average Bonchev–Trinajstić information content (AvgIpc) is 2.68. The minimum absolute atomic E-state index is 0.0306. The molecule has 0 aliphatic carbocycles. The van der Waals surface area contributed by atoms with Crippen molar-refractivity contribution in [2.24, 2.45) is 5.92 Å². The summed E-state index contributed by atoms with van der Waals surface area (Å²) in [7, 11) is 1.78. The molecule has 156 valence electrons. The largest absolute Gasteiger partial charge is 0.417 e. The second-order valence-electron chi connectivity index (χ2n) is 7.11. The summed E-state index contributed by atoms with van der Waals surface area (Å²) in [4.78, 5) is 20.2. The highest BCUT2D eigenvalue weighted by atomic mass is 79.9. The first kappa shape index (κ1) is 21.9. The Morgan fingerprint density at radius 3 is 2.45 bits per heavy atom. The smallest absolute Gasteiger partial charge is 0.355 e. The van der Waals surface area contributed by atoms with E-state index in [4.69, 9.17) is 11.6 Å². The van der Waals surface area contributed by atoms with Gasteiger partial charge in [-0.1, -0.05) is 39.7 Å². The lowest BCUT2D eigenvalue weighted by atomic mass is 9.95. The van der Waals surface area contributed by atoms with Crippen LogP contribution in [0.4, 0.5) is 19.0 Å². The molecule has 0 N–H and O–H groups in total. The minimum Gasteiger partial charge on any atom is -0.355 e. The Morgan fingerprint density at radius 2 is 1.90 bits per heavy atom. The molecular weight excluding hydrogens is 471 g/mol. The number of carbonyl (C=O) groups is 1. The van der Waals surface area contributed by atoms with Gasteiger partial charge in [0.1, 0.15) is 5.82 Å². The number of benzene rings is 1. The summed E-state index contributed by atoms with van der Waals surface area (Å²) >= 11 is 9.43. The van der Waals surface area contributed by atoms with Crippen LogP contribution in [0.25, 0.3) is 0 Å². The van der Waals surface area contributed by atoms with Crippen LogP contribution in [-0.2, 0) is 17.5 Å². The number of amides is 1. The second-order valence-corrected chi connectivity index (χ2v) is 8.43. The van der Waals surface area contributed by atoms with Crippen molar-refractivity contribution < 1.29 is 18.0 Å². The van der Waals surface area contributed by atoms with Crippen molar-refractivity contribution in [3.05, 3.63) is 57.2 Å². The van der Waals surface area contributed by atoms with Crippen molar-refractivity contribution >= 4 is 39.3 Å². The Bertz CT molecular complexity index is 868. The normalized spacial score (nSPS) is 15.4. The fraction of sp³-hybridized carbons (Fsp3) is 0.400. The van der Waals surface area contributed by atoms with E-state index in [2.05, 4.69) is 20.9 Å². The van der Waals surface area contributed by atoms with Crippen LogP contribution in [0.1, 0.15) is 24.0 Å². The van der Waals surface area contributed by atoms with Crippen molar-refractivity contribution in [1.82, 2.24) is 9.88 Å². The molecule has 29 heavy (non-hydrogen) atoms. The van der Waals surface area contributed by atoms with Gasteiger partial charge < -0.3 is 9.80 Å². The van der Waals surface area contributed by atoms with Crippen LogP contribution in [0.15, 0.2) is 41.0 Å². The lowest BCUT2D eigenvalue weighted by molar-refractivity contribution is -0.138. The van der Waals surface area contributed by atoms with Crippen molar-refractivity contribution in [2.45, 2.75) is 25.6 Å². The van der Waals surface area contributed by atoms with Crippen LogP contribution in [0, 0.1) is 5.92 Å². The Labute approximate surface area is 180 Å². The molecule has 1 fully saturated rings. The molecule has 1 aliphatic rings. The summed E-state index contributed by atoms with van der Waals surface area (Å²) in [6, 6.07) is 8.70. The third-order valence-corrected chi connectivity index (χ3v) is 5.81. The zero-order chi connectivity index (χ0) is 21.2. The molecule has 0 bridgehead atoms. The highest BCUT2D eigenvalue weighted by molar-refractivity contribution is 9.10. The Balaban J connectivity index is 1.58. The molecule has 9 heteroatoms. The molecule has 0 atom stereocenters. The highest BCUT2D eigenvalue weighted by Gasteiger charge is 2.33. The summed E-state index contributed by atoms with van der Waals surface area (Å²) in [5.74, 6) is 0.271. The third kappa shape index (κ3) is 5.42. The summed E-state index contributed by atoms with van der Waals surface area (Å²) in [6.45, 7) is 1.56. The average molecular weight is 491 g/mol. The lowest BCUT2D eigenvalue weighted by Crippen LogP contribution is -2.41. The molecule has 1 aromatic heterocycles. The number of alkyl halides is 3. The zero-order valence-electron chi connectivity index (χ0n) is 15.7. The van der Waals surface area contributed by atoms with E-state index in [1.807, 2.05) is 29.2 Å². The van der Waals surface area contributed by atoms with Crippen LogP contribution >= 0.6 is 27.5 Å². The number of halogens is 5. The van der Waals surface area contributed by atoms with Crippen LogP contribution in [0.5, 0.6) is 0 Å². The standard InChI is InChI=1S/C20H20BrClF3N3O/c1-27(12-13-2-4-16(21)5-3-13)19(29)14-6-8-28(9-7-14)18-17(22)10-15(11-26-18)20(23,24)25/h2-5,10-11,14H,6-9,12H2,1H3. The number of anilines is 1. The minimum atomic E-state index is -4.48. The number of aromatic nitrogens is 1. The van der Waals surface area contributed by atoms with Crippen LogP contribution < -0.4 is 4.90 Å². The SMILES string of the molecule is CN(Cc1ccc(Br)cc1)C(=O)C1CCN(c2ncc(C(F)(F)F)cc2Cl)CC1. The van der Waals surface area contributed by atoms with Gasteiger partial charge in [-0.15, -0.1) is 0 Å². The van der Waals surface area contributed by atoms with Crippen LogP contribution in [-0.4, -0.2) is 35.9 Å². The molecule has 0 radical (unpaired) electrons. The topological polar surface area (TPSA) is 36.4 Å². The number of pyridine rings is 1. The van der Waals surface area contributed by atoms with Crippen molar-refractivity contribution in [1.29, 1.82) is 0 Å². The van der Waals surface area contributed by atoms with E-state index in [0.717, 1.165) is 22.3 Å². The molecule has 0 unspecified atom stereocenters. The fourth-order valence-electron chi connectivity index (χ4n) is 3.41. The number of hydrogen-bond acceptors (Lipinski definition) is 3. The van der Waals surface area contributed by atoms with Gasteiger partial charge in [0, 0.05) is 43.3 Å². The molecule has 0 saturated carbocycles. The lowest BCUT2D eigenvalue weighted by Gasteiger charge is -2.34. The van der Waals surface area contributed by atoms with E-state index in [-0.39, 0.29) is 16.8 Å². The number of nitrogens with zero attached hydrogens (tertiary/aromatic N) is 3. The van der Waals surface area contributed by atoms with Crippen molar-refractivity contribution in [3.63, 3.8) is 0 Å². The maximum Gasteiger partial charge on any atom is 0.417 e. The molecule has 1 saturated heterocycles. The number of rotatable bonds is 4. The fourth-order valence-corrected chi connectivity index (χ4v) is 3.96. The molecule has 1 aromatic carbocycles. The number of hydrogen-bond donors (Lipinski definition) is 0. The van der Waals surface area contributed by atoms with Gasteiger partial charge >= 0.3 is 6.18 Å². The predicted molar refractivity (Wildman–Crippen MR) is 110 cm³/mol. The number of piperidine rings is 1. The maximum absolute atomic E-state index is 12.8. The van der Waals surface area contributed by atoms with Gasteiger partial charge in [0.05, 0.1) is 10.6 Å². The first-order valence-electron chi connectivity index (χ1n) is 9.12. The van der Waals surface area contributed by atoms with E-state index in [1.165, 1.54) is 0 Å². The van der Waals surface area contributed by atoms with Gasteiger partial charge in [-0.05, 0) is 36.6 Å². The van der Waals surface area contributed by atoms with Gasteiger partial charge in [0.2, 0.25) is 5.91 Å². The third-order valence-electron chi connectivity index (χ3n) is 5.00. The van der Waals surface area contributed by atoms with Gasteiger partial charge in [-0.3, -0.25) is 4.79 Å². The Morgan fingerprint density at radius 1 is 1.28 bits per heavy atom. The maximum atomic E-state index is 12.8. The monoisotopic (exact) mass is 489 g/mol. The molecule has 0 spiro atoms. The first-order valence-corrected chi connectivity index (χ1v) is 10.3. The molecule has 3 rings (SSSR count). The van der Waals surface area contributed by atoms with Gasteiger partial charge in [0.25, 0.3) is 0 Å². The number of carbonyl (C=O) groups excluding carboxylic acids is 1. The van der Waals surface area contributed by atoms with E-state index in [0.29, 0.717) is 38.3 Å². The van der Waals surface area contributed by atoms with Gasteiger partial charge in [-0.2, -0.15) is 13.2 Å². The van der Waals surface area contributed by atoms with E-state index in [9.17, 15) is 18.0 Å². The summed E-state index contributed by atoms with van der Waals surface area (Å²) in [5.41, 5.74) is 0.174. The summed E-state index contributed by atoms with van der Waals surface area (Å²) in [5, 5.41) is -0.0306. The predicted octanol–water partition coefficient (Wildman–Crippen LogP) is 5.39. The van der Waals surface area contributed by atoms with Crippen molar-refractivity contribution in [3.8, 4) is 0 Å². The summed E-state index contributed by atoms with van der Waals surface area (Å²) < 4.78 is 39.3. The molecule has 4 nitrogen and oxygen atoms in total. The van der Waals surface area contributed by atoms with Crippen LogP contribution in [0.2, 0.25) is 5.02 Å². The highest BCUT2D eigenvalue weighted by Crippen LogP contribution is 2.34. The molecule has 2 heterocycles. The Kier molecular flexibility index (Phi) is 6.73. The van der Waals surface area contributed by atoms with E-state index >= 15 is 0 Å².